The normalized spacial score (nSPS) is 11.3. The van der Waals surface area contributed by atoms with Gasteiger partial charge in [0.25, 0.3) is 0 Å². The van der Waals surface area contributed by atoms with Crippen LogP contribution in [0.1, 0.15) is 5.56 Å². The molecule has 0 heterocycles. The molecule has 1 N–H and O–H groups in total. The van der Waals surface area contributed by atoms with Gasteiger partial charge in [-0.1, -0.05) is 36.4 Å². The minimum Gasteiger partial charge on any atom is -0.405 e. The van der Waals surface area contributed by atoms with E-state index in [0.717, 1.165) is 0 Å². The van der Waals surface area contributed by atoms with Gasteiger partial charge < -0.3 is 10.1 Å². The van der Waals surface area contributed by atoms with Crippen molar-refractivity contribution in [3.8, 4) is 5.75 Å². The Morgan fingerprint density at radius 2 is 2.00 bits per heavy atom. The molecule has 94 valence electrons. The molecule has 0 atom stereocenters. The Hall–Kier alpha value is -1.20. The fourth-order valence-electron chi connectivity index (χ4n) is 1.21. The van der Waals surface area contributed by atoms with Gasteiger partial charge in [0, 0.05) is 23.7 Å². The minimum absolute atomic E-state index is 0.215. The van der Waals surface area contributed by atoms with E-state index in [2.05, 4.69) is 16.6 Å². The van der Waals surface area contributed by atoms with Crippen molar-refractivity contribution in [1.82, 2.24) is 5.32 Å². The lowest BCUT2D eigenvalue weighted by Crippen LogP contribution is -2.20. The number of halogens is 4. The molecule has 0 aliphatic rings. The van der Waals surface area contributed by atoms with E-state index in [1.54, 1.807) is 12.1 Å². The Labute approximate surface area is 102 Å². The van der Waals surface area contributed by atoms with Crippen LogP contribution in [-0.2, 0) is 6.54 Å². The first-order chi connectivity index (χ1) is 7.88. The molecule has 1 rings (SSSR count). The average molecular weight is 266 g/mol. The third kappa shape index (κ3) is 5.60. The summed E-state index contributed by atoms with van der Waals surface area (Å²) in [6, 6.07) is 5.92. The van der Waals surface area contributed by atoms with Gasteiger partial charge >= 0.3 is 6.36 Å². The van der Waals surface area contributed by atoms with Crippen LogP contribution in [0, 0.1) is 0 Å². The monoisotopic (exact) mass is 265 g/mol. The smallest absolute Gasteiger partial charge is 0.405 e. The zero-order valence-electron chi connectivity index (χ0n) is 8.85. The third-order valence-electron chi connectivity index (χ3n) is 1.83. The summed E-state index contributed by atoms with van der Waals surface area (Å²) in [7, 11) is 0. The molecule has 0 fully saturated rings. The second kappa shape index (κ2) is 5.93. The van der Waals surface area contributed by atoms with Gasteiger partial charge in [0.2, 0.25) is 0 Å². The fraction of sp³-hybridized carbons (Fsp3) is 0.273. The van der Waals surface area contributed by atoms with Crippen molar-refractivity contribution in [3.05, 3.63) is 41.4 Å². The highest BCUT2D eigenvalue weighted by molar-refractivity contribution is 6.29. The van der Waals surface area contributed by atoms with Crippen LogP contribution in [0.25, 0.3) is 0 Å². The van der Waals surface area contributed by atoms with Crippen LogP contribution < -0.4 is 10.1 Å². The molecule has 0 aliphatic carbocycles. The Bertz CT molecular complexity index is 393. The molecule has 17 heavy (non-hydrogen) atoms. The van der Waals surface area contributed by atoms with Gasteiger partial charge in [0.05, 0.1) is 0 Å². The van der Waals surface area contributed by atoms with Crippen LogP contribution >= 0.6 is 11.6 Å². The molecule has 0 spiro atoms. The number of hydrogen-bond acceptors (Lipinski definition) is 2. The molecular formula is C11H11ClF3NO. The highest BCUT2D eigenvalue weighted by Crippen LogP contribution is 2.25. The summed E-state index contributed by atoms with van der Waals surface area (Å²) in [6.45, 7) is 4.00. The molecule has 0 unspecified atom stereocenters. The number of benzene rings is 1. The topological polar surface area (TPSA) is 21.3 Å². The Morgan fingerprint density at radius 3 is 2.59 bits per heavy atom. The van der Waals surface area contributed by atoms with Crippen LogP contribution in [0.5, 0.6) is 5.75 Å². The summed E-state index contributed by atoms with van der Waals surface area (Å²) < 4.78 is 40.2. The predicted molar refractivity (Wildman–Crippen MR) is 59.8 cm³/mol. The van der Waals surface area contributed by atoms with Gasteiger partial charge in [-0.05, 0) is 6.07 Å². The molecule has 1 aromatic carbocycles. The van der Waals surface area contributed by atoms with E-state index >= 15 is 0 Å². The van der Waals surface area contributed by atoms with Crippen molar-refractivity contribution in [3.63, 3.8) is 0 Å². The van der Waals surface area contributed by atoms with Crippen molar-refractivity contribution in [1.29, 1.82) is 0 Å². The molecular weight excluding hydrogens is 255 g/mol. The second-order valence-corrected chi connectivity index (χ2v) is 3.81. The number of rotatable bonds is 5. The van der Waals surface area contributed by atoms with Gasteiger partial charge in [-0.15, -0.1) is 13.2 Å². The fourth-order valence-corrected chi connectivity index (χ4v) is 1.30. The standard InChI is InChI=1S/C11H11ClF3NO/c1-8(12)6-16-7-9-4-2-3-5-10(9)17-11(13,14)15/h2-5,16H,1,6-7H2. The van der Waals surface area contributed by atoms with Gasteiger partial charge in [-0.2, -0.15) is 0 Å². The molecule has 0 radical (unpaired) electrons. The first-order valence-corrected chi connectivity index (χ1v) is 5.14. The number of nitrogens with one attached hydrogen (secondary N) is 1. The maximum Gasteiger partial charge on any atom is 0.573 e. The van der Waals surface area contributed by atoms with Crippen LogP contribution in [0.3, 0.4) is 0 Å². The molecule has 0 amide bonds. The van der Waals surface area contributed by atoms with E-state index in [9.17, 15) is 13.2 Å². The lowest BCUT2D eigenvalue weighted by molar-refractivity contribution is -0.274. The molecule has 1 aromatic rings. The zero-order chi connectivity index (χ0) is 12.9. The molecule has 0 saturated carbocycles. The summed E-state index contributed by atoms with van der Waals surface area (Å²) in [5.74, 6) is -0.215. The second-order valence-electron chi connectivity index (χ2n) is 3.28. The zero-order valence-corrected chi connectivity index (χ0v) is 9.61. The van der Waals surface area contributed by atoms with E-state index in [0.29, 0.717) is 17.1 Å². The number of ether oxygens (including phenoxy) is 1. The lowest BCUT2D eigenvalue weighted by Gasteiger charge is -2.13. The van der Waals surface area contributed by atoms with Gasteiger partial charge in [0.15, 0.2) is 0 Å². The van der Waals surface area contributed by atoms with Gasteiger partial charge in [-0.25, -0.2) is 0 Å². The molecule has 0 aliphatic heterocycles. The predicted octanol–water partition coefficient (Wildman–Crippen LogP) is 3.43. The van der Waals surface area contributed by atoms with E-state index in [-0.39, 0.29) is 12.3 Å². The average Bonchev–Trinajstić information content (AvgIpc) is 2.17. The van der Waals surface area contributed by atoms with Crippen LogP contribution in [0.2, 0.25) is 0 Å². The molecule has 2 nitrogen and oxygen atoms in total. The van der Waals surface area contributed by atoms with E-state index in [1.807, 2.05) is 0 Å². The summed E-state index contributed by atoms with van der Waals surface area (Å²) in [4.78, 5) is 0. The Morgan fingerprint density at radius 1 is 1.35 bits per heavy atom. The molecule has 0 saturated heterocycles. The van der Waals surface area contributed by atoms with Crippen LogP contribution in [-0.4, -0.2) is 12.9 Å². The summed E-state index contributed by atoms with van der Waals surface area (Å²) >= 11 is 5.52. The van der Waals surface area contributed by atoms with Crippen LogP contribution in [0.4, 0.5) is 13.2 Å². The SMILES string of the molecule is C=C(Cl)CNCc1ccccc1OC(F)(F)F. The lowest BCUT2D eigenvalue weighted by atomic mass is 10.2. The number of para-hydroxylation sites is 1. The summed E-state index contributed by atoms with van der Waals surface area (Å²) in [5, 5.41) is 3.24. The number of hydrogen-bond donors (Lipinski definition) is 1. The van der Waals surface area contributed by atoms with Gasteiger partial charge in [-0.3, -0.25) is 0 Å². The van der Waals surface area contributed by atoms with E-state index < -0.39 is 6.36 Å². The maximum absolute atomic E-state index is 12.1. The van der Waals surface area contributed by atoms with Crippen molar-refractivity contribution in [2.45, 2.75) is 12.9 Å². The highest BCUT2D eigenvalue weighted by atomic mass is 35.5. The van der Waals surface area contributed by atoms with Crippen molar-refractivity contribution < 1.29 is 17.9 Å². The molecule has 6 heteroatoms. The maximum atomic E-state index is 12.1. The largest absolute Gasteiger partial charge is 0.573 e. The first-order valence-electron chi connectivity index (χ1n) is 4.76. The van der Waals surface area contributed by atoms with Crippen molar-refractivity contribution in [2.24, 2.45) is 0 Å². The Kier molecular flexibility index (Phi) is 4.84. The highest BCUT2D eigenvalue weighted by Gasteiger charge is 2.31. The molecule has 0 bridgehead atoms. The first kappa shape index (κ1) is 13.9. The Balaban J connectivity index is 2.67. The summed E-state index contributed by atoms with van der Waals surface area (Å²) in [6.07, 6.45) is -4.69. The quantitative estimate of drug-likeness (QED) is 0.881. The summed E-state index contributed by atoms with van der Waals surface area (Å²) in [5.41, 5.74) is 0.405. The van der Waals surface area contributed by atoms with E-state index in [1.165, 1.54) is 12.1 Å². The van der Waals surface area contributed by atoms with Crippen LogP contribution in [0.15, 0.2) is 35.9 Å². The van der Waals surface area contributed by atoms with E-state index in [4.69, 9.17) is 11.6 Å². The van der Waals surface area contributed by atoms with Crippen molar-refractivity contribution >= 4 is 11.6 Å². The minimum atomic E-state index is -4.69. The third-order valence-corrected chi connectivity index (χ3v) is 1.96. The van der Waals surface area contributed by atoms with Crippen molar-refractivity contribution in [2.75, 3.05) is 6.54 Å². The number of alkyl halides is 3. The molecule has 0 aromatic heterocycles. The van der Waals surface area contributed by atoms with Gasteiger partial charge in [0.1, 0.15) is 5.75 Å².